The Morgan fingerprint density at radius 3 is 2.19 bits per heavy atom. The van der Waals surface area contributed by atoms with E-state index in [1.165, 1.54) is 37.7 Å². The topological polar surface area (TPSA) is 124 Å². The highest BCUT2D eigenvalue weighted by Crippen LogP contribution is 2.43. The third-order valence-corrected chi connectivity index (χ3v) is 7.77. The molecule has 11 heteroatoms. The number of nitrogens with zero attached hydrogens (tertiary/aromatic N) is 2. The zero-order valence-corrected chi connectivity index (χ0v) is 21.0. The van der Waals surface area contributed by atoms with Crippen molar-refractivity contribution in [3.8, 4) is 0 Å². The van der Waals surface area contributed by atoms with Gasteiger partial charge in [0.05, 0.1) is 0 Å². The molecule has 1 saturated carbocycles. The molecule has 2 bridgehead atoms. The van der Waals surface area contributed by atoms with Gasteiger partial charge in [0.2, 0.25) is 5.91 Å². The van der Waals surface area contributed by atoms with Gasteiger partial charge in [0.25, 0.3) is 5.91 Å². The summed E-state index contributed by atoms with van der Waals surface area (Å²) in [4.78, 5) is 37.5. The van der Waals surface area contributed by atoms with Crippen LogP contribution in [0.5, 0.6) is 0 Å². The fourth-order valence-corrected chi connectivity index (χ4v) is 5.64. The van der Waals surface area contributed by atoms with Crippen molar-refractivity contribution in [3.05, 3.63) is 35.4 Å². The number of fused-ring (bicyclic) bond motifs is 2. The number of aliphatic hydroxyl groups excluding tert-OH is 1. The number of hydrogen-bond donors (Lipinski definition) is 3. The lowest BCUT2D eigenvalue weighted by Gasteiger charge is -2.41. The summed E-state index contributed by atoms with van der Waals surface area (Å²) in [6.45, 7) is 3.95. The van der Waals surface area contributed by atoms with Crippen molar-refractivity contribution in [2.75, 3.05) is 19.6 Å². The van der Waals surface area contributed by atoms with Crippen LogP contribution in [0.25, 0.3) is 0 Å². The number of aliphatic hydroxyl groups is 1. The molecule has 8 nitrogen and oxygen atoms in total. The second kappa shape index (κ2) is 12.3. The summed E-state index contributed by atoms with van der Waals surface area (Å²) in [7, 11) is 0. The lowest BCUT2D eigenvalue weighted by atomic mass is 9.84. The Kier molecular flexibility index (Phi) is 9.57. The number of carboxylic acid groups (broad SMARTS) is 1. The molecule has 0 aromatic heterocycles. The number of alkyl halides is 3. The van der Waals surface area contributed by atoms with E-state index in [1.54, 1.807) is 13.0 Å². The Bertz CT molecular complexity index is 953. The largest absolute Gasteiger partial charge is 0.490 e. The maximum Gasteiger partial charge on any atom is 0.490 e. The highest BCUT2D eigenvalue weighted by molar-refractivity contribution is 5.92. The van der Waals surface area contributed by atoms with Gasteiger partial charge in [-0.2, -0.15) is 13.2 Å². The molecule has 206 valence electrons. The van der Waals surface area contributed by atoms with Crippen molar-refractivity contribution < 1.29 is 37.8 Å². The molecule has 1 aromatic carbocycles. The van der Waals surface area contributed by atoms with Crippen molar-refractivity contribution >= 4 is 17.8 Å². The van der Waals surface area contributed by atoms with Gasteiger partial charge >= 0.3 is 12.1 Å². The van der Waals surface area contributed by atoms with Crippen molar-refractivity contribution in [1.29, 1.82) is 0 Å². The molecule has 2 saturated heterocycles. The van der Waals surface area contributed by atoms with Crippen LogP contribution in [-0.2, 0) is 9.59 Å². The minimum absolute atomic E-state index is 0.132. The quantitative estimate of drug-likeness (QED) is 0.477. The van der Waals surface area contributed by atoms with E-state index in [0.29, 0.717) is 36.0 Å². The third-order valence-electron chi connectivity index (χ3n) is 7.77. The van der Waals surface area contributed by atoms with Crippen LogP contribution in [0, 0.1) is 5.92 Å². The normalized spacial score (nSPS) is 24.4. The van der Waals surface area contributed by atoms with Crippen LogP contribution >= 0.6 is 0 Å². The molecule has 2 aliphatic heterocycles. The molecule has 4 rings (SSSR count). The zero-order valence-electron chi connectivity index (χ0n) is 21.0. The minimum atomic E-state index is -5.08. The van der Waals surface area contributed by atoms with Gasteiger partial charge in [-0.1, -0.05) is 18.6 Å². The molecule has 37 heavy (non-hydrogen) atoms. The van der Waals surface area contributed by atoms with Gasteiger partial charge in [-0.05, 0) is 75.0 Å². The first-order valence-corrected chi connectivity index (χ1v) is 12.8. The molecule has 4 atom stereocenters. The summed E-state index contributed by atoms with van der Waals surface area (Å²) in [6.07, 6.45) is 2.22. The highest BCUT2D eigenvalue weighted by atomic mass is 19.4. The molecule has 3 aliphatic rings. The van der Waals surface area contributed by atoms with Crippen molar-refractivity contribution in [2.45, 2.75) is 82.2 Å². The minimum Gasteiger partial charge on any atom is -0.475 e. The van der Waals surface area contributed by atoms with Crippen LogP contribution in [0.1, 0.15) is 73.7 Å². The van der Waals surface area contributed by atoms with E-state index >= 15 is 0 Å². The molecule has 4 N–H and O–H groups in total. The van der Waals surface area contributed by atoms with E-state index in [9.17, 15) is 27.9 Å². The Morgan fingerprint density at radius 2 is 1.73 bits per heavy atom. The van der Waals surface area contributed by atoms with E-state index in [1.807, 2.05) is 17.0 Å². The summed E-state index contributed by atoms with van der Waals surface area (Å²) < 4.78 is 31.7. The molecular weight excluding hydrogens is 491 g/mol. The number of carbonyl (C=O) groups is 3. The molecule has 2 heterocycles. The van der Waals surface area contributed by atoms with Gasteiger partial charge in [-0.25, -0.2) is 4.79 Å². The number of hydrogen-bond acceptors (Lipinski definition) is 5. The number of halogens is 3. The Morgan fingerprint density at radius 1 is 1.14 bits per heavy atom. The maximum absolute atomic E-state index is 12.5. The van der Waals surface area contributed by atoms with E-state index in [4.69, 9.17) is 15.6 Å². The van der Waals surface area contributed by atoms with Crippen LogP contribution in [-0.4, -0.2) is 81.8 Å². The van der Waals surface area contributed by atoms with E-state index in [-0.39, 0.29) is 11.8 Å². The SMILES string of the molecule is C[C@H](O)C(=O)N(CCN1[C@@H]2CC[C@H]1CC(c1cccc(C(N)=O)c1)C2)CC1CCC1.O=C(O)C(F)(F)F. The fraction of sp³-hybridized carbons (Fsp3) is 0.654. The second-order valence-electron chi connectivity index (χ2n) is 10.3. The number of amides is 2. The number of nitrogens with two attached hydrogens (primary N) is 1. The number of rotatable bonds is 8. The summed E-state index contributed by atoms with van der Waals surface area (Å²) in [6, 6.07) is 8.85. The first kappa shape index (κ1) is 28.9. The molecule has 0 spiro atoms. The van der Waals surface area contributed by atoms with Gasteiger partial charge in [0.1, 0.15) is 6.10 Å². The number of benzene rings is 1. The Balaban J connectivity index is 0.000000479. The van der Waals surface area contributed by atoms with Gasteiger partial charge < -0.3 is 20.8 Å². The van der Waals surface area contributed by atoms with E-state index in [0.717, 1.165) is 25.9 Å². The zero-order chi connectivity index (χ0) is 27.3. The molecule has 1 aromatic rings. The van der Waals surface area contributed by atoms with Gasteiger partial charge in [-0.15, -0.1) is 0 Å². The number of carbonyl (C=O) groups excluding carboxylic acids is 2. The second-order valence-corrected chi connectivity index (χ2v) is 10.3. The van der Waals surface area contributed by atoms with Crippen LogP contribution in [0.3, 0.4) is 0 Å². The molecule has 1 unspecified atom stereocenters. The summed E-state index contributed by atoms with van der Waals surface area (Å²) in [5.41, 5.74) is 7.28. The van der Waals surface area contributed by atoms with E-state index < -0.39 is 18.2 Å². The predicted octanol–water partition coefficient (Wildman–Crippen LogP) is 3.14. The molecule has 2 amide bonds. The average Bonchev–Trinajstić information content (AvgIpc) is 3.04. The van der Waals surface area contributed by atoms with Crippen molar-refractivity contribution in [2.24, 2.45) is 11.7 Å². The smallest absolute Gasteiger partial charge is 0.475 e. The van der Waals surface area contributed by atoms with Gasteiger partial charge in [0.15, 0.2) is 0 Å². The number of carboxylic acids is 1. The molecular formula is C26H36F3N3O5. The maximum atomic E-state index is 12.5. The standard InChI is InChI=1S/C24H35N3O3.C2HF3O2/c1-16(28)24(30)26(15-17-4-2-5-17)10-11-27-21-8-9-22(27)14-20(13-21)18-6-3-7-19(12-18)23(25)29;3-2(4,5)1(6)7/h3,6-7,12,16-17,20-22,28H,2,4-5,8-11,13-15H2,1H3,(H2,25,29);(H,6,7)/t16-,20?,21-,22+;/m0./s1. The van der Waals surface area contributed by atoms with Crippen LogP contribution in [0.4, 0.5) is 13.2 Å². The first-order chi connectivity index (χ1) is 17.4. The number of primary amides is 1. The molecule has 0 radical (unpaired) electrons. The van der Waals surface area contributed by atoms with E-state index in [2.05, 4.69) is 11.0 Å². The third kappa shape index (κ3) is 7.67. The summed E-state index contributed by atoms with van der Waals surface area (Å²) in [5, 5.41) is 17.0. The van der Waals surface area contributed by atoms with Crippen molar-refractivity contribution in [1.82, 2.24) is 9.80 Å². The van der Waals surface area contributed by atoms with Crippen LogP contribution in [0.15, 0.2) is 24.3 Å². The Hall–Kier alpha value is -2.66. The van der Waals surface area contributed by atoms with Crippen molar-refractivity contribution in [3.63, 3.8) is 0 Å². The summed E-state index contributed by atoms with van der Waals surface area (Å²) >= 11 is 0. The highest BCUT2D eigenvalue weighted by Gasteiger charge is 2.41. The van der Waals surface area contributed by atoms with Gasteiger partial charge in [-0.3, -0.25) is 14.5 Å². The molecule has 3 fully saturated rings. The van der Waals surface area contributed by atoms with Gasteiger partial charge in [0, 0.05) is 37.3 Å². The lowest BCUT2D eigenvalue weighted by molar-refractivity contribution is -0.192. The average molecular weight is 528 g/mol. The predicted molar refractivity (Wildman–Crippen MR) is 130 cm³/mol. The lowest BCUT2D eigenvalue weighted by Crippen LogP contribution is -2.49. The van der Waals surface area contributed by atoms with Crippen LogP contribution < -0.4 is 5.73 Å². The fourth-order valence-electron chi connectivity index (χ4n) is 5.64. The monoisotopic (exact) mass is 527 g/mol. The summed E-state index contributed by atoms with van der Waals surface area (Å²) in [5.74, 6) is -2.19. The van der Waals surface area contributed by atoms with Crippen LogP contribution in [0.2, 0.25) is 0 Å². The first-order valence-electron chi connectivity index (χ1n) is 12.8. The Labute approximate surface area is 214 Å². The number of aliphatic carboxylic acids is 1. The number of piperidine rings is 1. The molecule has 1 aliphatic carbocycles.